The van der Waals surface area contributed by atoms with Crippen molar-refractivity contribution in [1.29, 1.82) is 0 Å². The van der Waals surface area contributed by atoms with Crippen LogP contribution in [0.1, 0.15) is 17.7 Å². The molecular weight excluding hydrogens is 415 g/mol. The van der Waals surface area contributed by atoms with Gasteiger partial charge in [-0.2, -0.15) is 5.10 Å². The number of hydrogen-bond acceptors (Lipinski definition) is 4. The van der Waals surface area contributed by atoms with Gasteiger partial charge >= 0.3 is 0 Å². The van der Waals surface area contributed by atoms with Crippen LogP contribution in [0.3, 0.4) is 0 Å². The molecule has 0 radical (unpaired) electrons. The number of carbonyl (C=O) groups excluding carboxylic acids is 2. The fraction of sp³-hybridized carbons (Fsp3) is 0.250. The molecule has 29 heavy (non-hydrogen) atoms. The molecule has 1 aliphatic heterocycles. The molecule has 1 fully saturated rings. The van der Waals surface area contributed by atoms with E-state index in [1.165, 1.54) is 0 Å². The van der Waals surface area contributed by atoms with E-state index in [1.54, 1.807) is 46.3 Å². The van der Waals surface area contributed by atoms with E-state index in [9.17, 15) is 9.59 Å². The van der Waals surface area contributed by atoms with Crippen molar-refractivity contribution in [2.75, 3.05) is 11.9 Å². The first-order valence-corrected chi connectivity index (χ1v) is 9.82. The van der Waals surface area contributed by atoms with Gasteiger partial charge in [-0.05, 0) is 23.8 Å². The highest BCUT2D eigenvalue weighted by Gasteiger charge is 2.35. The number of benzene rings is 1. The second kappa shape index (κ2) is 8.31. The van der Waals surface area contributed by atoms with Gasteiger partial charge in [-0.1, -0.05) is 35.3 Å². The van der Waals surface area contributed by atoms with Gasteiger partial charge in [0.25, 0.3) is 0 Å². The molecule has 4 rings (SSSR count). The molecule has 1 aromatic carbocycles. The lowest BCUT2D eigenvalue weighted by Crippen LogP contribution is -2.28. The Hall–Kier alpha value is -2.77. The summed E-state index contributed by atoms with van der Waals surface area (Å²) in [4.78, 5) is 26.6. The molecule has 2 amide bonds. The summed E-state index contributed by atoms with van der Waals surface area (Å²) in [6.45, 7) is 1.07. The molecule has 1 saturated heterocycles. The van der Waals surface area contributed by atoms with Crippen molar-refractivity contribution in [3.05, 3.63) is 70.2 Å². The minimum atomic E-state index is -0.435. The second-order valence-corrected chi connectivity index (χ2v) is 7.62. The van der Waals surface area contributed by atoms with Gasteiger partial charge in [-0.15, -0.1) is 0 Å². The summed E-state index contributed by atoms with van der Waals surface area (Å²) in [5, 5.41) is 8.04. The number of nitrogens with one attached hydrogen (secondary N) is 1. The van der Waals surface area contributed by atoms with Crippen molar-refractivity contribution in [3.63, 3.8) is 0 Å². The molecule has 150 valence electrons. The topological polar surface area (TPSA) is 80.4 Å². The van der Waals surface area contributed by atoms with Crippen LogP contribution in [0.5, 0.6) is 0 Å². The van der Waals surface area contributed by atoms with Crippen LogP contribution in [0.15, 0.2) is 53.3 Å². The third-order valence-electron chi connectivity index (χ3n) is 4.83. The maximum Gasteiger partial charge on any atom is 0.230 e. The zero-order chi connectivity index (χ0) is 20.4. The molecule has 0 aliphatic carbocycles. The van der Waals surface area contributed by atoms with Gasteiger partial charge in [0.05, 0.1) is 41.5 Å². The molecule has 9 heteroatoms. The molecular formula is C20H18Cl2N4O3. The third-order valence-corrected chi connectivity index (χ3v) is 5.69. The quantitative estimate of drug-likeness (QED) is 0.641. The van der Waals surface area contributed by atoms with Gasteiger partial charge in [0, 0.05) is 19.0 Å². The first-order valence-electron chi connectivity index (χ1n) is 9.07. The van der Waals surface area contributed by atoms with E-state index in [0.29, 0.717) is 41.3 Å². The highest BCUT2D eigenvalue weighted by atomic mass is 35.5. The number of nitrogens with zero attached hydrogens (tertiary/aromatic N) is 3. The molecule has 1 aliphatic rings. The zero-order valence-corrected chi connectivity index (χ0v) is 16.9. The molecule has 0 bridgehead atoms. The van der Waals surface area contributed by atoms with E-state index in [0.717, 1.165) is 5.56 Å². The lowest BCUT2D eigenvalue weighted by atomic mass is 10.1. The zero-order valence-electron chi connectivity index (χ0n) is 15.3. The Morgan fingerprint density at radius 3 is 2.86 bits per heavy atom. The number of amides is 2. The van der Waals surface area contributed by atoms with Gasteiger partial charge in [-0.3, -0.25) is 9.59 Å². The monoisotopic (exact) mass is 432 g/mol. The molecule has 1 N–H and O–H groups in total. The first-order chi connectivity index (χ1) is 14.0. The number of anilines is 1. The fourth-order valence-electron chi connectivity index (χ4n) is 3.32. The molecule has 3 aromatic rings. The SMILES string of the molecule is O=C(Nc1ccnn1Cc1cccc(Cl)c1Cl)C1CC(=O)N(Cc2ccco2)C1. The number of carbonyl (C=O) groups is 2. The van der Waals surface area contributed by atoms with Crippen LogP contribution >= 0.6 is 23.2 Å². The molecule has 0 saturated carbocycles. The lowest BCUT2D eigenvalue weighted by molar-refractivity contribution is -0.128. The number of furan rings is 1. The van der Waals surface area contributed by atoms with E-state index >= 15 is 0 Å². The summed E-state index contributed by atoms with van der Waals surface area (Å²) >= 11 is 12.3. The largest absolute Gasteiger partial charge is 0.467 e. The normalized spacial score (nSPS) is 16.4. The van der Waals surface area contributed by atoms with Crippen molar-refractivity contribution in [2.45, 2.75) is 19.5 Å². The Bertz CT molecular complexity index is 1030. The Kier molecular flexibility index (Phi) is 5.60. The van der Waals surface area contributed by atoms with E-state index in [2.05, 4.69) is 10.4 Å². The number of hydrogen-bond donors (Lipinski definition) is 1. The van der Waals surface area contributed by atoms with Crippen LogP contribution in [-0.4, -0.2) is 33.0 Å². The third kappa shape index (κ3) is 4.31. The number of aromatic nitrogens is 2. The van der Waals surface area contributed by atoms with E-state index in [1.807, 2.05) is 12.1 Å². The fourth-order valence-corrected chi connectivity index (χ4v) is 3.70. The van der Waals surface area contributed by atoms with Crippen LogP contribution in [0.2, 0.25) is 10.0 Å². The molecule has 0 spiro atoms. The average Bonchev–Trinajstić information content (AvgIpc) is 3.43. The maximum absolute atomic E-state index is 12.7. The van der Waals surface area contributed by atoms with Gasteiger partial charge in [-0.25, -0.2) is 4.68 Å². The standard InChI is InChI=1S/C20H18Cl2N4O3/c21-16-5-1-3-13(19(16)22)11-26-17(6-7-23-26)24-20(28)14-9-18(27)25(10-14)12-15-4-2-8-29-15/h1-8,14H,9-12H2,(H,24,28). The summed E-state index contributed by atoms with van der Waals surface area (Å²) < 4.78 is 6.92. The minimum absolute atomic E-state index is 0.0687. The van der Waals surface area contributed by atoms with Crippen molar-refractivity contribution in [3.8, 4) is 0 Å². The summed E-state index contributed by atoms with van der Waals surface area (Å²) in [5.41, 5.74) is 0.791. The highest BCUT2D eigenvalue weighted by molar-refractivity contribution is 6.42. The predicted molar refractivity (Wildman–Crippen MR) is 109 cm³/mol. The van der Waals surface area contributed by atoms with Gasteiger partial charge in [0.2, 0.25) is 11.8 Å². The summed E-state index contributed by atoms with van der Waals surface area (Å²) in [5.74, 6) is 0.495. The van der Waals surface area contributed by atoms with Crippen molar-refractivity contribution >= 4 is 40.8 Å². The van der Waals surface area contributed by atoms with Gasteiger partial charge in [0.1, 0.15) is 11.6 Å². The van der Waals surface area contributed by atoms with E-state index in [-0.39, 0.29) is 18.2 Å². The van der Waals surface area contributed by atoms with Crippen LogP contribution < -0.4 is 5.32 Å². The Morgan fingerprint density at radius 1 is 1.21 bits per heavy atom. The average molecular weight is 433 g/mol. The molecule has 2 aromatic heterocycles. The van der Waals surface area contributed by atoms with E-state index < -0.39 is 5.92 Å². The smallest absolute Gasteiger partial charge is 0.230 e. The second-order valence-electron chi connectivity index (χ2n) is 6.83. The Balaban J connectivity index is 1.41. The predicted octanol–water partition coefficient (Wildman–Crippen LogP) is 3.82. The summed E-state index contributed by atoms with van der Waals surface area (Å²) in [7, 11) is 0. The lowest BCUT2D eigenvalue weighted by Gasteiger charge is -2.15. The molecule has 7 nitrogen and oxygen atoms in total. The summed E-state index contributed by atoms with van der Waals surface area (Å²) in [6, 6.07) is 10.7. The highest BCUT2D eigenvalue weighted by Crippen LogP contribution is 2.27. The Morgan fingerprint density at radius 2 is 2.07 bits per heavy atom. The first kappa shape index (κ1) is 19.5. The van der Waals surface area contributed by atoms with Crippen molar-refractivity contribution in [1.82, 2.24) is 14.7 Å². The van der Waals surface area contributed by atoms with E-state index in [4.69, 9.17) is 27.6 Å². The maximum atomic E-state index is 12.7. The van der Waals surface area contributed by atoms with Gasteiger partial charge in [0.15, 0.2) is 0 Å². The van der Waals surface area contributed by atoms with Crippen LogP contribution in [0.4, 0.5) is 5.82 Å². The minimum Gasteiger partial charge on any atom is -0.467 e. The van der Waals surface area contributed by atoms with Crippen LogP contribution in [0.25, 0.3) is 0 Å². The van der Waals surface area contributed by atoms with Crippen molar-refractivity contribution < 1.29 is 14.0 Å². The van der Waals surface area contributed by atoms with Crippen LogP contribution in [-0.2, 0) is 22.7 Å². The number of likely N-dealkylation sites (tertiary alicyclic amines) is 1. The van der Waals surface area contributed by atoms with Crippen LogP contribution in [0, 0.1) is 5.92 Å². The Labute approximate surface area is 177 Å². The molecule has 3 heterocycles. The molecule has 1 atom stereocenters. The van der Waals surface area contributed by atoms with Gasteiger partial charge < -0.3 is 14.6 Å². The number of rotatable bonds is 6. The molecule has 1 unspecified atom stereocenters. The number of halogens is 2. The van der Waals surface area contributed by atoms with Crippen molar-refractivity contribution in [2.24, 2.45) is 5.92 Å². The summed E-state index contributed by atoms with van der Waals surface area (Å²) in [6.07, 6.45) is 3.32.